The fraction of sp³-hybridized carbons (Fsp3) is 0.125. The molecule has 0 atom stereocenters. The van der Waals surface area contributed by atoms with Crippen LogP contribution in [0.5, 0.6) is 0 Å². The number of benzene rings is 1. The molecule has 3 rings (SSSR count). The topological polar surface area (TPSA) is 80.8 Å². The number of Topliss-reactive ketones (excluding diaryl/α,β-unsaturated/α-hetero) is 2. The van der Waals surface area contributed by atoms with Crippen molar-refractivity contribution in [2.24, 2.45) is 0 Å². The average Bonchev–Trinajstić information content (AvgIpc) is 3.11. The molecule has 0 aliphatic carbocycles. The molecule has 1 aliphatic rings. The van der Waals surface area contributed by atoms with E-state index < -0.39 is 30.8 Å². The summed E-state index contributed by atoms with van der Waals surface area (Å²) in [6.07, 6.45) is 0. The Kier molecular flexibility index (Phi) is 4.46. The first-order chi connectivity index (χ1) is 11.5. The Balaban J connectivity index is 1.62. The maximum Gasteiger partial charge on any atom is 0.326 e. The highest BCUT2D eigenvalue weighted by Crippen LogP contribution is 2.28. The molecule has 0 saturated carbocycles. The van der Waals surface area contributed by atoms with Gasteiger partial charge in [0.15, 0.2) is 6.61 Å². The van der Waals surface area contributed by atoms with Crippen LogP contribution in [0.3, 0.4) is 0 Å². The van der Waals surface area contributed by atoms with E-state index in [0.29, 0.717) is 14.9 Å². The summed E-state index contributed by atoms with van der Waals surface area (Å²) in [5, 5.41) is 0. The Hall–Kier alpha value is -2.51. The van der Waals surface area contributed by atoms with Gasteiger partial charge in [0, 0.05) is 0 Å². The number of nitrogens with zero attached hydrogens (tertiary/aromatic N) is 1. The van der Waals surface area contributed by atoms with Crippen LogP contribution >= 0.6 is 22.9 Å². The van der Waals surface area contributed by atoms with Crippen molar-refractivity contribution < 1.29 is 23.9 Å². The first-order valence-electron chi connectivity index (χ1n) is 6.87. The third-order valence-corrected chi connectivity index (χ3v) is 4.65. The predicted molar refractivity (Wildman–Crippen MR) is 87.7 cm³/mol. The third kappa shape index (κ3) is 3.08. The van der Waals surface area contributed by atoms with Gasteiger partial charge in [0.05, 0.1) is 20.5 Å². The summed E-state index contributed by atoms with van der Waals surface area (Å²) >= 11 is 6.83. The number of ketones is 2. The van der Waals surface area contributed by atoms with Crippen molar-refractivity contribution >= 4 is 52.1 Å². The van der Waals surface area contributed by atoms with Gasteiger partial charge in [-0.2, -0.15) is 0 Å². The van der Waals surface area contributed by atoms with Crippen LogP contribution in [0.15, 0.2) is 36.4 Å². The van der Waals surface area contributed by atoms with Crippen molar-refractivity contribution in [2.75, 3.05) is 18.1 Å². The number of amides is 1. The maximum absolute atomic E-state index is 11.9. The van der Waals surface area contributed by atoms with E-state index in [9.17, 15) is 19.2 Å². The largest absolute Gasteiger partial charge is 0.456 e. The highest BCUT2D eigenvalue weighted by molar-refractivity contribution is 7.18. The van der Waals surface area contributed by atoms with Crippen LogP contribution in [0, 0.1) is 0 Å². The van der Waals surface area contributed by atoms with Crippen LogP contribution in [-0.2, 0) is 14.3 Å². The second kappa shape index (κ2) is 6.54. The average molecular weight is 364 g/mol. The summed E-state index contributed by atoms with van der Waals surface area (Å²) in [5.74, 6) is -2.61. The summed E-state index contributed by atoms with van der Waals surface area (Å²) in [6.45, 7) is -0.882. The van der Waals surface area contributed by atoms with Gasteiger partial charge >= 0.3 is 5.97 Å². The maximum atomic E-state index is 11.9. The number of anilines is 1. The SMILES string of the molecule is O=C(CN1C(=O)C(=O)c2ccccc21)OCC(=O)c1ccc(Cl)s1. The van der Waals surface area contributed by atoms with Gasteiger partial charge in [0.2, 0.25) is 5.78 Å². The van der Waals surface area contributed by atoms with Crippen molar-refractivity contribution in [2.45, 2.75) is 0 Å². The molecule has 0 unspecified atom stereocenters. The molecule has 2 aromatic rings. The summed E-state index contributed by atoms with van der Waals surface area (Å²) < 4.78 is 5.36. The minimum Gasteiger partial charge on any atom is -0.456 e. The molecule has 24 heavy (non-hydrogen) atoms. The van der Waals surface area contributed by atoms with Crippen LogP contribution in [0.25, 0.3) is 0 Å². The zero-order valence-electron chi connectivity index (χ0n) is 12.2. The second-order valence-corrected chi connectivity index (χ2v) is 6.64. The predicted octanol–water partition coefficient (Wildman–Crippen LogP) is 2.36. The Bertz CT molecular complexity index is 860. The molecule has 1 aromatic carbocycles. The lowest BCUT2D eigenvalue weighted by atomic mass is 10.1. The molecule has 0 N–H and O–H groups in total. The van der Waals surface area contributed by atoms with Gasteiger partial charge in [-0.05, 0) is 24.3 Å². The van der Waals surface area contributed by atoms with E-state index in [-0.39, 0.29) is 11.3 Å². The molecule has 8 heteroatoms. The lowest BCUT2D eigenvalue weighted by Crippen LogP contribution is -2.36. The van der Waals surface area contributed by atoms with Crippen LogP contribution in [0.4, 0.5) is 5.69 Å². The molecule has 1 aliphatic heterocycles. The standard InChI is InChI=1S/C16H10ClNO5S/c17-13-6-5-12(24-13)11(19)8-23-14(20)7-18-10-4-2-1-3-9(10)15(21)16(18)22/h1-6H,7-8H2. The molecule has 0 saturated heterocycles. The number of esters is 1. The molecule has 6 nitrogen and oxygen atoms in total. The summed E-state index contributed by atoms with van der Waals surface area (Å²) in [6, 6.07) is 9.51. The van der Waals surface area contributed by atoms with Crippen molar-refractivity contribution in [3.63, 3.8) is 0 Å². The van der Waals surface area contributed by atoms with E-state index >= 15 is 0 Å². The molecule has 0 radical (unpaired) electrons. The fourth-order valence-corrected chi connectivity index (χ4v) is 3.23. The number of hydrogen-bond acceptors (Lipinski definition) is 6. The normalized spacial score (nSPS) is 13.1. The lowest BCUT2D eigenvalue weighted by molar-refractivity contribution is -0.141. The Labute approximate surface area is 145 Å². The highest BCUT2D eigenvalue weighted by atomic mass is 35.5. The van der Waals surface area contributed by atoms with Crippen molar-refractivity contribution in [3.8, 4) is 0 Å². The van der Waals surface area contributed by atoms with Gasteiger partial charge in [0.25, 0.3) is 11.7 Å². The Morgan fingerprint density at radius 3 is 2.58 bits per heavy atom. The van der Waals surface area contributed by atoms with Crippen LogP contribution in [0.1, 0.15) is 20.0 Å². The number of rotatable bonds is 5. The number of carbonyl (C=O) groups excluding carboxylic acids is 4. The van der Waals surface area contributed by atoms with E-state index in [4.69, 9.17) is 16.3 Å². The summed E-state index contributed by atoms with van der Waals surface area (Å²) in [4.78, 5) is 49.0. The molecule has 1 aromatic heterocycles. The Morgan fingerprint density at radius 2 is 1.88 bits per heavy atom. The van der Waals surface area contributed by atoms with E-state index in [2.05, 4.69) is 0 Å². The number of halogens is 1. The van der Waals surface area contributed by atoms with E-state index in [1.54, 1.807) is 30.3 Å². The highest BCUT2D eigenvalue weighted by Gasteiger charge is 2.36. The number of fused-ring (bicyclic) bond motifs is 1. The molecule has 0 bridgehead atoms. The molecule has 0 spiro atoms. The zero-order chi connectivity index (χ0) is 17.3. The van der Waals surface area contributed by atoms with Gasteiger partial charge in [-0.3, -0.25) is 24.1 Å². The van der Waals surface area contributed by atoms with Crippen LogP contribution < -0.4 is 4.90 Å². The molecular formula is C16H10ClNO5S. The number of ether oxygens (including phenoxy) is 1. The first-order valence-corrected chi connectivity index (χ1v) is 8.06. The lowest BCUT2D eigenvalue weighted by Gasteiger charge is -2.15. The third-order valence-electron chi connectivity index (χ3n) is 3.38. The van der Waals surface area contributed by atoms with Crippen molar-refractivity contribution in [3.05, 3.63) is 51.2 Å². The monoisotopic (exact) mass is 363 g/mol. The minimum atomic E-state index is -0.787. The first kappa shape index (κ1) is 16.4. The molecule has 122 valence electrons. The van der Waals surface area contributed by atoms with Gasteiger partial charge in [-0.15, -0.1) is 11.3 Å². The number of thiophene rings is 1. The Morgan fingerprint density at radius 1 is 1.12 bits per heavy atom. The van der Waals surface area contributed by atoms with E-state index in [0.717, 1.165) is 16.2 Å². The minimum absolute atomic E-state index is 0.250. The van der Waals surface area contributed by atoms with Crippen LogP contribution in [-0.4, -0.2) is 36.6 Å². The number of para-hydroxylation sites is 1. The van der Waals surface area contributed by atoms with Gasteiger partial charge < -0.3 is 4.74 Å². The number of hydrogen-bond donors (Lipinski definition) is 0. The summed E-state index contributed by atoms with van der Waals surface area (Å²) in [5.41, 5.74) is 0.611. The molecule has 1 amide bonds. The van der Waals surface area contributed by atoms with Crippen molar-refractivity contribution in [1.82, 2.24) is 0 Å². The fourth-order valence-electron chi connectivity index (χ4n) is 2.26. The van der Waals surface area contributed by atoms with E-state index in [1.807, 2.05) is 0 Å². The number of carbonyl (C=O) groups is 4. The molecule has 2 heterocycles. The van der Waals surface area contributed by atoms with Crippen LogP contribution in [0.2, 0.25) is 4.34 Å². The van der Waals surface area contributed by atoms with E-state index in [1.165, 1.54) is 6.07 Å². The summed E-state index contributed by atoms with van der Waals surface area (Å²) in [7, 11) is 0. The second-order valence-electron chi connectivity index (χ2n) is 4.93. The molecular weight excluding hydrogens is 354 g/mol. The van der Waals surface area contributed by atoms with Gasteiger partial charge in [-0.25, -0.2) is 0 Å². The van der Waals surface area contributed by atoms with Gasteiger partial charge in [-0.1, -0.05) is 23.7 Å². The quantitative estimate of drug-likeness (QED) is 0.463. The zero-order valence-corrected chi connectivity index (χ0v) is 13.7. The van der Waals surface area contributed by atoms with Gasteiger partial charge in [0.1, 0.15) is 6.54 Å². The van der Waals surface area contributed by atoms with Crippen molar-refractivity contribution in [1.29, 1.82) is 0 Å². The molecule has 0 fully saturated rings. The smallest absolute Gasteiger partial charge is 0.326 e.